The molecule has 0 aromatic heterocycles. The van der Waals surface area contributed by atoms with Crippen LogP contribution < -0.4 is 10.1 Å². The van der Waals surface area contributed by atoms with Crippen LogP contribution in [0.4, 0.5) is 0 Å². The number of carbonyl (C=O) groups is 1. The van der Waals surface area contributed by atoms with Gasteiger partial charge in [-0.3, -0.25) is 9.79 Å². The van der Waals surface area contributed by atoms with Gasteiger partial charge in [-0.2, -0.15) is 0 Å². The maximum Gasteiger partial charge on any atom is 0.310 e. The second-order valence-corrected chi connectivity index (χ2v) is 8.26. The summed E-state index contributed by atoms with van der Waals surface area (Å²) in [4.78, 5) is 18.7. The first-order chi connectivity index (χ1) is 14.5. The van der Waals surface area contributed by atoms with Gasteiger partial charge < -0.3 is 24.4 Å². The SMILES string of the molecule is CCOc1ccc(C2(CNC(=NC)N3CC(C)C(C(=O)OC)C3)CCOCC2)cc1.I. The van der Waals surface area contributed by atoms with Crippen molar-refractivity contribution in [2.75, 3.05) is 53.6 Å². The molecule has 2 heterocycles. The van der Waals surface area contributed by atoms with E-state index < -0.39 is 0 Å². The summed E-state index contributed by atoms with van der Waals surface area (Å²) >= 11 is 0. The number of methoxy groups -OCH3 is 1. The zero-order valence-corrected chi connectivity index (χ0v) is 21.4. The van der Waals surface area contributed by atoms with E-state index in [1.165, 1.54) is 12.7 Å². The van der Waals surface area contributed by atoms with E-state index in [0.717, 1.165) is 50.9 Å². The topological polar surface area (TPSA) is 72.4 Å². The molecule has 31 heavy (non-hydrogen) atoms. The average Bonchev–Trinajstić information content (AvgIpc) is 3.16. The van der Waals surface area contributed by atoms with Gasteiger partial charge in [0.15, 0.2) is 5.96 Å². The largest absolute Gasteiger partial charge is 0.494 e. The summed E-state index contributed by atoms with van der Waals surface area (Å²) in [6.45, 7) is 8.44. The van der Waals surface area contributed by atoms with E-state index in [0.29, 0.717) is 13.2 Å². The summed E-state index contributed by atoms with van der Waals surface area (Å²) < 4.78 is 16.2. The highest BCUT2D eigenvalue weighted by molar-refractivity contribution is 14.0. The summed E-state index contributed by atoms with van der Waals surface area (Å²) in [6.07, 6.45) is 1.90. The number of carbonyl (C=O) groups excluding carboxylic acids is 1. The van der Waals surface area contributed by atoms with Crippen LogP contribution in [0.25, 0.3) is 0 Å². The summed E-state index contributed by atoms with van der Waals surface area (Å²) in [5, 5.41) is 3.60. The Morgan fingerprint density at radius 1 is 1.26 bits per heavy atom. The number of esters is 1. The van der Waals surface area contributed by atoms with Gasteiger partial charge in [-0.15, -0.1) is 24.0 Å². The molecule has 3 rings (SSSR count). The van der Waals surface area contributed by atoms with Crippen LogP contribution in [0.5, 0.6) is 5.75 Å². The van der Waals surface area contributed by atoms with E-state index in [4.69, 9.17) is 14.2 Å². The van der Waals surface area contributed by atoms with Gasteiger partial charge >= 0.3 is 5.97 Å². The standard InChI is InChI=1S/C23H35N3O4.HI/c1-5-30-19-8-6-18(7-9-19)23(10-12-29-13-11-23)16-25-22(24-3)26-14-17(2)20(15-26)21(27)28-4;/h6-9,17,20H,5,10-16H2,1-4H3,(H,24,25);1H. The van der Waals surface area contributed by atoms with Crippen LogP contribution in [0.15, 0.2) is 29.3 Å². The molecule has 0 radical (unpaired) electrons. The lowest BCUT2D eigenvalue weighted by Gasteiger charge is -2.39. The number of nitrogens with one attached hydrogen (secondary N) is 1. The molecule has 174 valence electrons. The molecule has 1 aromatic rings. The molecule has 2 saturated heterocycles. The van der Waals surface area contributed by atoms with Crippen molar-refractivity contribution in [3.05, 3.63) is 29.8 Å². The van der Waals surface area contributed by atoms with Gasteiger partial charge in [0.1, 0.15) is 5.75 Å². The van der Waals surface area contributed by atoms with Crippen LogP contribution in [0.1, 0.15) is 32.3 Å². The van der Waals surface area contributed by atoms with Gasteiger partial charge in [0.25, 0.3) is 0 Å². The molecule has 7 nitrogen and oxygen atoms in total. The number of halogens is 1. The maximum absolute atomic E-state index is 12.1. The van der Waals surface area contributed by atoms with Crippen molar-refractivity contribution in [3.63, 3.8) is 0 Å². The first-order valence-corrected chi connectivity index (χ1v) is 10.9. The molecular weight excluding hydrogens is 509 g/mol. The Hall–Kier alpha value is -1.55. The molecule has 2 atom stereocenters. The first-order valence-electron chi connectivity index (χ1n) is 10.9. The Labute approximate surface area is 202 Å². The zero-order chi connectivity index (χ0) is 21.6. The smallest absolute Gasteiger partial charge is 0.310 e. The quantitative estimate of drug-likeness (QED) is 0.257. The minimum atomic E-state index is -0.143. The highest BCUT2D eigenvalue weighted by Crippen LogP contribution is 2.35. The lowest BCUT2D eigenvalue weighted by Crippen LogP contribution is -2.49. The average molecular weight is 545 g/mol. The predicted octanol–water partition coefficient (Wildman–Crippen LogP) is 3.07. The molecular formula is C23H36IN3O4. The number of benzene rings is 1. The molecule has 2 fully saturated rings. The van der Waals surface area contributed by atoms with Crippen molar-refractivity contribution >= 4 is 35.9 Å². The van der Waals surface area contributed by atoms with Crippen molar-refractivity contribution in [1.29, 1.82) is 0 Å². The Kier molecular flexibility index (Phi) is 9.87. The van der Waals surface area contributed by atoms with Crippen LogP contribution in [-0.2, 0) is 19.7 Å². The number of nitrogens with zero attached hydrogens (tertiary/aromatic N) is 2. The lowest BCUT2D eigenvalue weighted by molar-refractivity contribution is -0.145. The van der Waals surface area contributed by atoms with Crippen molar-refractivity contribution in [2.24, 2.45) is 16.8 Å². The monoisotopic (exact) mass is 545 g/mol. The third kappa shape index (κ3) is 6.03. The molecule has 0 amide bonds. The highest BCUT2D eigenvalue weighted by atomic mass is 127. The van der Waals surface area contributed by atoms with Gasteiger partial charge in [-0.1, -0.05) is 19.1 Å². The number of ether oxygens (including phenoxy) is 3. The number of hydrogen-bond donors (Lipinski definition) is 1. The summed E-state index contributed by atoms with van der Waals surface area (Å²) in [5.74, 6) is 1.71. The Balaban J connectivity index is 0.00000341. The molecule has 1 N–H and O–H groups in total. The van der Waals surface area contributed by atoms with E-state index in [9.17, 15) is 4.79 Å². The molecule has 0 bridgehead atoms. The molecule has 2 unspecified atom stereocenters. The third-order valence-electron chi connectivity index (χ3n) is 6.44. The predicted molar refractivity (Wildman–Crippen MR) is 132 cm³/mol. The molecule has 0 spiro atoms. The fraction of sp³-hybridized carbons (Fsp3) is 0.652. The highest BCUT2D eigenvalue weighted by Gasteiger charge is 2.39. The van der Waals surface area contributed by atoms with Crippen LogP contribution in [0, 0.1) is 11.8 Å². The van der Waals surface area contributed by atoms with Crippen LogP contribution in [-0.4, -0.2) is 70.4 Å². The molecule has 8 heteroatoms. The Morgan fingerprint density at radius 3 is 2.52 bits per heavy atom. The second-order valence-electron chi connectivity index (χ2n) is 8.26. The zero-order valence-electron chi connectivity index (χ0n) is 19.1. The second kappa shape index (κ2) is 11.9. The molecule has 2 aliphatic heterocycles. The first kappa shape index (κ1) is 25.7. The number of hydrogen-bond acceptors (Lipinski definition) is 5. The number of aliphatic imine (C=N–C) groups is 1. The Morgan fingerprint density at radius 2 is 1.94 bits per heavy atom. The van der Waals surface area contributed by atoms with E-state index >= 15 is 0 Å². The van der Waals surface area contributed by atoms with Crippen LogP contribution in [0.2, 0.25) is 0 Å². The number of likely N-dealkylation sites (tertiary alicyclic amines) is 1. The van der Waals surface area contributed by atoms with Gasteiger partial charge in [-0.25, -0.2) is 0 Å². The van der Waals surface area contributed by atoms with Gasteiger partial charge in [0.05, 0.1) is 19.6 Å². The molecule has 0 aliphatic carbocycles. The van der Waals surface area contributed by atoms with E-state index in [1.807, 2.05) is 19.1 Å². The molecule has 1 aromatic carbocycles. The lowest BCUT2D eigenvalue weighted by atomic mass is 9.74. The summed E-state index contributed by atoms with van der Waals surface area (Å²) in [7, 11) is 3.25. The molecule has 0 saturated carbocycles. The van der Waals surface area contributed by atoms with Gasteiger partial charge in [-0.05, 0) is 43.4 Å². The van der Waals surface area contributed by atoms with Gasteiger partial charge in [0.2, 0.25) is 0 Å². The maximum atomic E-state index is 12.1. The minimum Gasteiger partial charge on any atom is -0.494 e. The fourth-order valence-corrected chi connectivity index (χ4v) is 4.58. The number of guanidine groups is 1. The van der Waals surface area contributed by atoms with Crippen LogP contribution in [0.3, 0.4) is 0 Å². The minimum absolute atomic E-state index is 0. The van der Waals surface area contributed by atoms with Crippen molar-refractivity contribution in [2.45, 2.75) is 32.1 Å². The third-order valence-corrected chi connectivity index (χ3v) is 6.44. The van der Waals surface area contributed by atoms with E-state index in [1.54, 1.807) is 7.05 Å². The fourth-order valence-electron chi connectivity index (χ4n) is 4.58. The summed E-state index contributed by atoms with van der Waals surface area (Å²) in [5.41, 5.74) is 1.27. The number of rotatable bonds is 6. The van der Waals surface area contributed by atoms with Gasteiger partial charge in [0, 0.05) is 45.3 Å². The summed E-state index contributed by atoms with van der Waals surface area (Å²) in [6, 6.07) is 8.44. The van der Waals surface area contributed by atoms with E-state index in [-0.39, 0.29) is 47.2 Å². The Bertz CT molecular complexity index is 735. The van der Waals surface area contributed by atoms with Crippen molar-refractivity contribution in [3.8, 4) is 5.75 Å². The van der Waals surface area contributed by atoms with Crippen molar-refractivity contribution in [1.82, 2.24) is 10.2 Å². The van der Waals surface area contributed by atoms with Crippen molar-refractivity contribution < 1.29 is 19.0 Å². The normalized spacial score (nSPS) is 23.1. The van der Waals surface area contributed by atoms with E-state index in [2.05, 4.69) is 34.3 Å². The molecule has 2 aliphatic rings. The van der Waals surface area contributed by atoms with Crippen LogP contribution >= 0.6 is 24.0 Å².